The lowest BCUT2D eigenvalue weighted by Gasteiger charge is -2.18. The lowest BCUT2D eigenvalue weighted by atomic mass is 10.1. The van der Waals surface area contributed by atoms with Crippen LogP contribution in [-0.4, -0.2) is 12.7 Å². The Morgan fingerprint density at radius 1 is 1.44 bits per heavy atom. The van der Waals surface area contributed by atoms with Crippen LogP contribution in [0.15, 0.2) is 24.3 Å². The van der Waals surface area contributed by atoms with E-state index in [1.165, 1.54) is 6.07 Å². The molecule has 0 aliphatic carbocycles. The van der Waals surface area contributed by atoms with Gasteiger partial charge in [0.25, 0.3) is 0 Å². The van der Waals surface area contributed by atoms with Crippen LogP contribution in [0.2, 0.25) is 5.02 Å². The van der Waals surface area contributed by atoms with Crippen LogP contribution >= 0.6 is 11.6 Å². The molecule has 1 aromatic carbocycles. The Bertz CT molecular complexity index is 440. The molecule has 18 heavy (non-hydrogen) atoms. The highest BCUT2D eigenvalue weighted by atomic mass is 35.5. The summed E-state index contributed by atoms with van der Waals surface area (Å²) in [5.74, 6) is -2.00. The van der Waals surface area contributed by atoms with E-state index < -0.39 is 18.6 Å². The minimum atomic E-state index is -4.50. The van der Waals surface area contributed by atoms with Gasteiger partial charge in [-0.2, -0.15) is 18.4 Å². The lowest BCUT2D eigenvalue weighted by Crippen LogP contribution is -2.33. The molecule has 1 N–H and O–H groups in total. The van der Waals surface area contributed by atoms with Crippen molar-refractivity contribution >= 4 is 11.6 Å². The van der Waals surface area contributed by atoms with Gasteiger partial charge in [-0.15, -0.1) is 0 Å². The van der Waals surface area contributed by atoms with Crippen LogP contribution in [-0.2, 0) is 0 Å². The summed E-state index contributed by atoms with van der Waals surface area (Å²) in [5.41, 5.74) is 0.779. The zero-order chi connectivity index (χ0) is 13.8. The second-order valence-corrected chi connectivity index (χ2v) is 4.34. The fraction of sp³-hybridized carbons (Fsp3) is 0.417. The largest absolute Gasteiger partial charge is 0.405 e. The maximum Gasteiger partial charge on any atom is 0.405 e. The van der Waals surface area contributed by atoms with Gasteiger partial charge < -0.3 is 5.32 Å². The van der Waals surface area contributed by atoms with E-state index in [2.05, 4.69) is 5.32 Å². The molecule has 0 aliphatic heterocycles. The maximum absolute atomic E-state index is 12.4. The first kappa shape index (κ1) is 14.8. The lowest BCUT2D eigenvalue weighted by molar-refractivity contribution is -0.157. The molecule has 0 saturated carbocycles. The van der Waals surface area contributed by atoms with Gasteiger partial charge in [0.2, 0.25) is 0 Å². The van der Waals surface area contributed by atoms with Gasteiger partial charge in [0, 0.05) is 17.6 Å². The summed E-state index contributed by atoms with van der Waals surface area (Å²) in [6.07, 6.45) is -4.50. The standard InChI is InChI=1S/C12H12ClF3N2/c1-8(9-3-2-4-11(13)5-9)18-7-10(6-17)12(14,15)16/h2-5,8,10,18H,7H2,1H3/t8-,10?/m1/s1. The molecule has 0 aromatic heterocycles. The first-order valence-corrected chi connectivity index (χ1v) is 5.67. The van der Waals surface area contributed by atoms with Crippen molar-refractivity contribution in [2.24, 2.45) is 5.92 Å². The van der Waals surface area contributed by atoms with Crippen LogP contribution in [0, 0.1) is 17.2 Å². The number of nitrogens with zero attached hydrogens (tertiary/aromatic N) is 1. The quantitative estimate of drug-likeness (QED) is 0.910. The Morgan fingerprint density at radius 2 is 2.11 bits per heavy atom. The fourth-order valence-electron chi connectivity index (χ4n) is 1.42. The molecule has 0 bridgehead atoms. The zero-order valence-corrected chi connectivity index (χ0v) is 10.4. The van der Waals surface area contributed by atoms with Gasteiger partial charge in [0.05, 0.1) is 6.07 Å². The van der Waals surface area contributed by atoms with Gasteiger partial charge in [-0.05, 0) is 24.6 Å². The molecular formula is C12H12ClF3N2. The predicted octanol–water partition coefficient (Wildman–Crippen LogP) is 3.69. The Kier molecular flexibility index (Phi) is 5.00. The van der Waals surface area contributed by atoms with Crippen molar-refractivity contribution in [3.8, 4) is 6.07 Å². The molecule has 0 saturated heterocycles. The third kappa shape index (κ3) is 4.21. The minimum absolute atomic E-state index is 0.304. The highest BCUT2D eigenvalue weighted by Gasteiger charge is 2.39. The van der Waals surface area contributed by atoms with Crippen LogP contribution < -0.4 is 5.32 Å². The first-order valence-electron chi connectivity index (χ1n) is 5.29. The number of hydrogen-bond acceptors (Lipinski definition) is 2. The Labute approximate surface area is 108 Å². The number of nitrogens with one attached hydrogen (secondary N) is 1. The molecule has 6 heteroatoms. The SMILES string of the molecule is C[C@@H](NCC(C#N)C(F)(F)F)c1cccc(Cl)c1. The Hall–Kier alpha value is -1.25. The van der Waals surface area contributed by atoms with Gasteiger partial charge >= 0.3 is 6.18 Å². The number of benzene rings is 1. The number of rotatable bonds is 4. The molecule has 0 radical (unpaired) electrons. The van der Waals surface area contributed by atoms with Gasteiger partial charge in [-0.1, -0.05) is 23.7 Å². The molecule has 1 rings (SSSR count). The van der Waals surface area contributed by atoms with Crippen molar-refractivity contribution < 1.29 is 13.2 Å². The molecule has 0 aliphatic rings. The third-order valence-electron chi connectivity index (χ3n) is 2.53. The molecule has 98 valence electrons. The van der Waals surface area contributed by atoms with Gasteiger partial charge in [0.15, 0.2) is 5.92 Å². The minimum Gasteiger partial charge on any atom is -0.309 e. The van der Waals surface area contributed by atoms with Gasteiger partial charge in [-0.25, -0.2) is 0 Å². The summed E-state index contributed by atoms with van der Waals surface area (Å²) in [7, 11) is 0. The highest BCUT2D eigenvalue weighted by Crippen LogP contribution is 2.26. The smallest absolute Gasteiger partial charge is 0.309 e. The van der Waals surface area contributed by atoms with E-state index in [-0.39, 0.29) is 6.04 Å². The molecule has 0 heterocycles. The third-order valence-corrected chi connectivity index (χ3v) is 2.76. The average molecular weight is 277 g/mol. The van der Waals surface area contributed by atoms with Crippen LogP contribution in [0.5, 0.6) is 0 Å². The monoisotopic (exact) mass is 276 g/mol. The predicted molar refractivity (Wildman–Crippen MR) is 63.0 cm³/mol. The maximum atomic E-state index is 12.4. The number of halogens is 4. The summed E-state index contributed by atoms with van der Waals surface area (Å²) in [5, 5.41) is 11.7. The van der Waals surface area contributed by atoms with Crippen molar-refractivity contribution in [2.75, 3.05) is 6.54 Å². The second kappa shape index (κ2) is 6.07. The first-order chi connectivity index (χ1) is 8.34. The fourth-order valence-corrected chi connectivity index (χ4v) is 1.62. The van der Waals surface area contributed by atoms with Crippen LogP contribution in [0.3, 0.4) is 0 Å². The normalized spacial score (nSPS) is 14.9. The average Bonchev–Trinajstić information content (AvgIpc) is 2.27. The van der Waals surface area contributed by atoms with E-state index in [0.29, 0.717) is 5.02 Å². The molecule has 1 unspecified atom stereocenters. The van der Waals surface area contributed by atoms with E-state index in [1.54, 1.807) is 31.2 Å². The summed E-state index contributed by atoms with van der Waals surface area (Å²) < 4.78 is 37.1. The van der Waals surface area contributed by atoms with Crippen molar-refractivity contribution in [1.82, 2.24) is 5.32 Å². The van der Waals surface area contributed by atoms with Crippen molar-refractivity contribution in [3.05, 3.63) is 34.9 Å². The number of nitriles is 1. The van der Waals surface area contributed by atoms with Crippen LogP contribution in [0.4, 0.5) is 13.2 Å². The topological polar surface area (TPSA) is 35.8 Å². The summed E-state index contributed by atoms with van der Waals surface area (Å²) in [4.78, 5) is 0. The highest BCUT2D eigenvalue weighted by molar-refractivity contribution is 6.30. The molecular weight excluding hydrogens is 265 g/mol. The molecule has 2 atom stereocenters. The van der Waals surface area contributed by atoms with Crippen LogP contribution in [0.1, 0.15) is 18.5 Å². The Morgan fingerprint density at radius 3 is 2.61 bits per heavy atom. The van der Waals surface area contributed by atoms with E-state index in [0.717, 1.165) is 5.56 Å². The van der Waals surface area contributed by atoms with Crippen molar-refractivity contribution in [3.63, 3.8) is 0 Å². The molecule has 2 nitrogen and oxygen atoms in total. The Balaban J connectivity index is 2.61. The zero-order valence-electron chi connectivity index (χ0n) is 9.63. The van der Waals surface area contributed by atoms with Crippen LogP contribution in [0.25, 0.3) is 0 Å². The van der Waals surface area contributed by atoms with E-state index >= 15 is 0 Å². The number of hydrogen-bond donors (Lipinski definition) is 1. The van der Waals surface area contributed by atoms with Gasteiger partial charge in [0.1, 0.15) is 0 Å². The summed E-state index contributed by atoms with van der Waals surface area (Å²) in [6, 6.07) is 7.79. The van der Waals surface area contributed by atoms with E-state index in [1.807, 2.05) is 0 Å². The molecule has 0 spiro atoms. The van der Waals surface area contributed by atoms with E-state index in [4.69, 9.17) is 16.9 Å². The summed E-state index contributed by atoms with van der Waals surface area (Å²) >= 11 is 5.79. The van der Waals surface area contributed by atoms with E-state index in [9.17, 15) is 13.2 Å². The van der Waals surface area contributed by atoms with Crippen molar-refractivity contribution in [1.29, 1.82) is 5.26 Å². The number of alkyl halides is 3. The second-order valence-electron chi connectivity index (χ2n) is 3.91. The molecule has 0 fully saturated rings. The van der Waals surface area contributed by atoms with Gasteiger partial charge in [-0.3, -0.25) is 0 Å². The molecule has 0 amide bonds. The molecule has 1 aromatic rings. The van der Waals surface area contributed by atoms with Crippen molar-refractivity contribution in [2.45, 2.75) is 19.1 Å². The summed E-state index contributed by atoms with van der Waals surface area (Å²) in [6.45, 7) is 1.28.